The van der Waals surface area contributed by atoms with Crippen LogP contribution in [0.2, 0.25) is 5.02 Å². The lowest BCUT2D eigenvalue weighted by molar-refractivity contribution is 0.415. The van der Waals surface area contributed by atoms with E-state index in [-0.39, 0.29) is 0 Å². The smallest absolute Gasteiger partial charge is 0.120 e. The summed E-state index contributed by atoms with van der Waals surface area (Å²) in [5.74, 6) is 2.63. The average molecular weight is 401 g/mol. The highest BCUT2D eigenvalue weighted by Gasteiger charge is 2.41. The number of benzene rings is 2. The number of nitrogens with zero attached hydrogens (tertiary/aromatic N) is 1. The fourth-order valence-corrected chi connectivity index (χ4v) is 6.32. The molecule has 2 aromatic rings. The van der Waals surface area contributed by atoms with Crippen molar-refractivity contribution >= 4 is 29.1 Å². The summed E-state index contributed by atoms with van der Waals surface area (Å²) in [6, 6.07) is 11.4. The summed E-state index contributed by atoms with van der Waals surface area (Å²) in [6.07, 6.45) is 3.72. The molecule has 0 bridgehead atoms. The molecular formula is C22H25ClN2OS. The van der Waals surface area contributed by atoms with Crippen LogP contribution < -0.4 is 15.0 Å². The van der Waals surface area contributed by atoms with Gasteiger partial charge in [0.1, 0.15) is 5.75 Å². The molecule has 0 amide bonds. The van der Waals surface area contributed by atoms with E-state index in [1.54, 1.807) is 7.11 Å². The Morgan fingerprint density at radius 3 is 2.93 bits per heavy atom. The van der Waals surface area contributed by atoms with Gasteiger partial charge in [0.25, 0.3) is 0 Å². The van der Waals surface area contributed by atoms with Gasteiger partial charge in [-0.05, 0) is 79.6 Å². The van der Waals surface area contributed by atoms with E-state index in [1.807, 2.05) is 23.9 Å². The highest BCUT2D eigenvalue weighted by atomic mass is 35.5. The number of nitrogens with one attached hydrogen (secondary N) is 1. The molecule has 0 spiro atoms. The molecule has 142 valence electrons. The first-order valence-electron chi connectivity index (χ1n) is 9.88. The van der Waals surface area contributed by atoms with Gasteiger partial charge in [-0.15, -0.1) is 11.8 Å². The first kappa shape index (κ1) is 17.7. The van der Waals surface area contributed by atoms with Gasteiger partial charge in [-0.2, -0.15) is 0 Å². The van der Waals surface area contributed by atoms with Gasteiger partial charge < -0.3 is 15.0 Å². The number of methoxy groups -OCH3 is 1. The Kier molecular flexibility index (Phi) is 4.75. The maximum Gasteiger partial charge on any atom is 0.120 e. The van der Waals surface area contributed by atoms with Gasteiger partial charge in [0.15, 0.2) is 0 Å². The van der Waals surface area contributed by atoms with Crippen LogP contribution >= 0.6 is 23.4 Å². The van der Waals surface area contributed by atoms with Crippen LogP contribution in [0.25, 0.3) is 11.1 Å². The molecule has 2 unspecified atom stereocenters. The number of fused-ring (bicyclic) bond motifs is 3. The monoisotopic (exact) mass is 400 g/mol. The number of halogens is 1. The van der Waals surface area contributed by atoms with Crippen molar-refractivity contribution in [3.8, 4) is 16.9 Å². The van der Waals surface area contributed by atoms with Crippen molar-refractivity contribution in [1.82, 2.24) is 5.32 Å². The van der Waals surface area contributed by atoms with Crippen LogP contribution in [0.15, 0.2) is 35.2 Å². The summed E-state index contributed by atoms with van der Waals surface area (Å²) >= 11 is 8.64. The van der Waals surface area contributed by atoms with E-state index in [0.29, 0.717) is 12.0 Å². The number of ether oxygens (including phenoxy) is 1. The van der Waals surface area contributed by atoms with E-state index in [2.05, 4.69) is 28.4 Å². The summed E-state index contributed by atoms with van der Waals surface area (Å²) in [5.41, 5.74) is 5.40. The Labute approximate surface area is 170 Å². The average Bonchev–Trinajstić information content (AvgIpc) is 2.88. The second-order valence-electron chi connectivity index (χ2n) is 7.65. The largest absolute Gasteiger partial charge is 0.497 e. The van der Waals surface area contributed by atoms with Crippen LogP contribution in [-0.2, 0) is 0 Å². The topological polar surface area (TPSA) is 24.5 Å². The number of thioether (sulfide) groups is 1. The van der Waals surface area contributed by atoms with Crippen LogP contribution in [0.5, 0.6) is 5.75 Å². The maximum atomic E-state index is 6.62. The van der Waals surface area contributed by atoms with Gasteiger partial charge in [-0.1, -0.05) is 11.6 Å². The molecule has 0 radical (unpaired) electrons. The predicted octanol–water partition coefficient (Wildman–Crippen LogP) is 5.17. The standard InChI is InChI=1S/C22H25ClN2OS/c1-26-15-3-4-16(19(23)13-15)14-11-18-17-5-7-24-8-6-20(17)25-9-2-10-27-21(12-14)22(18)25/h3-4,11-13,17,20,24H,2,5-10H2,1H3. The van der Waals surface area contributed by atoms with Crippen LogP contribution in [-0.4, -0.2) is 38.5 Å². The van der Waals surface area contributed by atoms with Crippen LogP contribution in [0.3, 0.4) is 0 Å². The quantitative estimate of drug-likeness (QED) is 0.751. The fourth-order valence-electron chi connectivity index (χ4n) is 4.96. The molecule has 2 aromatic carbocycles. The molecule has 0 saturated carbocycles. The van der Waals surface area contributed by atoms with E-state index in [1.165, 1.54) is 53.3 Å². The third kappa shape index (κ3) is 3.02. The predicted molar refractivity (Wildman–Crippen MR) is 115 cm³/mol. The van der Waals surface area contributed by atoms with E-state index in [4.69, 9.17) is 16.3 Å². The number of hydrogen-bond donors (Lipinski definition) is 1. The highest BCUT2D eigenvalue weighted by Crippen LogP contribution is 2.52. The fraction of sp³-hybridized carbons (Fsp3) is 0.455. The summed E-state index contributed by atoms with van der Waals surface area (Å²) < 4.78 is 5.33. The van der Waals surface area contributed by atoms with Crippen molar-refractivity contribution in [2.24, 2.45) is 0 Å². The number of hydrogen-bond acceptors (Lipinski definition) is 4. The third-order valence-corrected chi connectivity index (χ3v) is 7.62. The summed E-state index contributed by atoms with van der Waals surface area (Å²) in [5, 5.41) is 4.36. The molecule has 3 nitrogen and oxygen atoms in total. The molecule has 5 rings (SSSR count). The van der Waals surface area contributed by atoms with E-state index >= 15 is 0 Å². The maximum absolute atomic E-state index is 6.62. The van der Waals surface area contributed by atoms with Crippen molar-refractivity contribution in [3.05, 3.63) is 40.9 Å². The molecule has 2 atom stereocenters. The van der Waals surface area contributed by atoms with Crippen molar-refractivity contribution in [1.29, 1.82) is 0 Å². The molecule has 0 aliphatic carbocycles. The summed E-state index contributed by atoms with van der Waals surface area (Å²) in [4.78, 5) is 4.16. The minimum Gasteiger partial charge on any atom is -0.497 e. The minimum absolute atomic E-state index is 0.629. The van der Waals surface area contributed by atoms with Gasteiger partial charge in [-0.25, -0.2) is 0 Å². The summed E-state index contributed by atoms with van der Waals surface area (Å²) in [7, 11) is 1.68. The van der Waals surface area contributed by atoms with Gasteiger partial charge in [0, 0.05) is 29.0 Å². The van der Waals surface area contributed by atoms with Gasteiger partial charge >= 0.3 is 0 Å². The van der Waals surface area contributed by atoms with Crippen molar-refractivity contribution in [2.75, 3.05) is 37.4 Å². The summed E-state index contributed by atoms with van der Waals surface area (Å²) in [6.45, 7) is 3.44. The van der Waals surface area contributed by atoms with Gasteiger partial charge in [0.2, 0.25) is 0 Å². The van der Waals surface area contributed by atoms with Crippen molar-refractivity contribution < 1.29 is 4.74 Å². The molecule has 1 N–H and O–H groups in total. The second kappa shape index (κ2) is 7.23. The zero-order valence-electron chi connectivity index (χ0n) is 15.6. The molecule has 3 heterocycles. The van der Waals surface area contributed by atoms with Crippen molar-refractivity contribution in [3.63, 3.8) is 0 Å². The molecule has 1 fully saturated rings. The Morgan fingerprint density at radius 2 is 2.07 bits per heavy atom. The number of anilines is 1. The lowest BCUT2D eigenvalue weighted by atomic mass is 9.89. The zero-order chi connectivity index (χ0) is 18.4. The second-order valence-corrected chi connectivity index (χ2v) is 9.20. The van der Waals surface area contributed by atoms with Crippen LogP contribution in [0, 0.1) is 0 Å². The van der Waals surface area contributed by atoms with E-state index in [9.17, 15) is 0 Å². The highest BCUT2D eigenvalue weighted by molar-refractivity contribution is 7.99. The van der Waals surface area contributed by atoms with E-state index in [0.717, 1.165) is 29.4 Å². The molecule has 3 aliphatic heterocycles. The molecule has 1 saturated heterocycles. The van der Waals surface area contributed by atoms with E-state index < -0.39 is 0 Å². The molecule has 5 heteroatoms. The Hall–Kier alpha value is -1.36. The van der Waals surface area contributed by atoms with Gasteiger partial charge in [0.05, 0.1) is 17.8 Å². The molecule has 0 aromatic heterocycles. The Balaban J connectivity index is 1.65. The first-order chi connectivity index (χ1) is 13.3. The first-order valence-corrected chi connectivity index (χ1v) is 11.2. The lowest BCUT2D eigenvalue weighted by Gasteiger charge is -2.28. The minimum atomic E-state index is 0.629. The third-order valence-electron chi connectivity index (χ3n) is 6.19. The van der Waals surface area contributed by atoms with Crippen LogP contribution in [0.4, 0.5) is 5.69 Å². The Bertz CT molecular complexity index is 872. The SMILES string of the molecule is COc1ccc(-c2cc3c4c(c2)C2CCNCCC2N4CCCS3)c(Cl)c1. The lowest BCUT2D eigenvalue weighted by Crippen LogP contribution is -2.35. The Morgan fingerprint density at radius 1 is 1.19 bits per heavy atom. The molecular weight excluding hydrogens is 376 g/mol. The van der Waals surface area contributed by atoms with Crippen LogP contribution in [0.1, 0.15) is 30.7 Å². The zero-order valence-corrected chi connectivity index (χ0v) is 17.2. The van der Waals surface area contributed by atoms with Crippen molar-refractivity contribution in [2.45, 2.75) is 36.1 Å². The molecule has 27 heavy (non-hydrogen) atoms. The molecule has 3 aliphatic rings. The normalized spacial score (nSPS) is 24.0. The number of rotatable bonds is 2. The van der Waals surface area contributed by atoms with Gasteiger partial charge in [-0.3, -0.25) is 0 Å².